The molecule has 1 aromatic rings. The standard InChI is InChI=1S/C16H25I2N3O/c1-3-20-4-6-21(7-5-20)12(2)10-19-11-13-8-14(17)9-15(18)16(13)22/h8-9,12,19,22H,3-7,10-11H2,1-2H3/t12-/m1/s1. The summed E-state index contributed by atoms with van der Waals surface area (Å²) >= 11 is 4.48. The molecule has 1 heterocycles. The zero-order chi connectivity index (χ0) is 16.1. The first-order valence-electron chi connectivity index (χ1n) is 7.85. The highest BCUT2D eigenvalue weighted by atomic mass is 127. The number of hydrogen-bond acceptors (Lipinski definition) is 4. The number of nitrogens with zero attached hydrogens (tertiary/aromatic N) is 2. The molecule has 6 heteroatoms. The topological polar surface area (TPSA) is 38.7 Å². The molecule has 1 fully saturated rings. The van der Waals surface area contributed by atoms with E-state index in [1.807, 2.05) is 6.07 Å². The van der Waals surface area contributed by atoms with Gasteiger partial charge < -0.3 is 15.3 Å². The van der Waals surface area contributed by atoms with Gasteiger partial charge in [-0.2, -0.15) is 0 Å². The second kappa shape index (κ2) is 9.00. The van der Waals surface area contributed by atoms with Crippen LogP contribution in [0.25, 0.3) is 0 Å². The molecule has 22 heavy (non-hydrogen) atoms. The Morgan fingerprint density at radius 1 is 1.23 bits per heavy atom. The molecule has 0 unspecified atom stereocenters. The summed E-state index contributed by atoms with van der Waals surface area (Å²) in [6.07, 6.45) is 0. The molecule has 1 aromatic carbocycles. The number of benzene rings is 1. The molecule has 1 aliphatic rings. The van der Waals surface area contributed by atoms with E-state index in [9.17, 15) is 5.11 Å². The fraction of sp³-hybridized carbons (Fsp3) is 0.625. The Morgan fingerprint density at radius 2 is 1.91 bits per heavy atom. The lowest BCUT2D eigenvalue weighted by molar-refractivity contribution is 0.105. The van der Waals surface area contributed by atoms with Gasteiger partial charge in [-0.1, -0.05) is 6.92 Å². The van der Waals surface area contributed by atoms with Crippen LogP contribution in [0.4, 0.5) is 0 Å². The van der Waals surface area contributed by atoms with Crippen LogP contribution in [0.5, 0.6) is 5.75 Å². The van der Waals surface area contributed by atoms with Crippen LogP contribution in [-0.2, 0) is 6.54 Å². The van der Waals surface area contributed by atoms with Crippen molar-refractivity contribution in [2.45, 2.75) is 26.4 Å². The Labute approximate surface area is 160 Å². The Morgan fingerprint density at radius 3 is 2.55 bits per heavy atom. The van der Waals surface area contributed by atoms with E-state index < -0.39 is 0 Å². The fourth-order valence-corrected chi connectivity index (χ4v) is 4.78. The van der Waals surface area contributed by atoms with Crippen LogP contribution in [0.15, 0.2) is 12.1 Å². The monoisotopic (exact) mass is 529 g/mol. The van der Waals surface area contributed by atoms with E-state index in [4.69, 9.17) is 0 Å². The minimum Gasteiger partial charge on any atom is -0.507 e. The molecule has 1 saturated heterocycles. The van der Waals surface area contributed by atoms with Crippen molar-refractivity contribution in [3.8, 4) is 5.75 Å². The van der Waals surface area contributed by atoms with E-state index in [1.54, 1.807) is 0 Å². The van der Waals surface area contributed by atoms with Crippen molar-refractivity contribution in [2.75, 3.05) is 39.3 Å². The van der Waals surface area contributed by atoms with E-state index in [2.05, 4.69) is 80.2 Å². The van der Waals surface area contributed by atoms with Crippen LogP contribution in [0.3, 0.4) is 0 Å². The summed E-state index contributed by atoms with van der Waals surface area (Å²) in [7, 11) is 0. The van der Waals surface area contributed by atoms with Gasteiger partial charge in [-0.3, -0.25) is 4.90 Å². The molecule has 0 radical (unpaired) electrons. The molecular weight excluding hydrogens is 504 g/mol. The summed E-state index contributed by atoms with van der Waals surface area (Å²) in [5.74, 6) is 0.415. The van der Waals surface area contributed by atoms with Gasteiger partial charge in [0.05, 0.1) is 3.57 Å². The third kappa shape index (κ3) is 5.19. The quantitative estimate of drug-likeness (QED) is 0.557. The molecule has 0 amide bonds. The predicted molar refractivity (Wildman–Crippen MR) is 108 cm³/mol. The van der Waals surface area contributed by atoms with Crippen LogP contribution < -0.4 is 5.32 Å². The van der Waals surface area contributed by atoms with E-state index >= 15 is 0 Å². The Balaban J connectivity index is 1.79. The van der Waals surface area contributed by atoms with Gasteiger partial charge in [-0.25, -0.2) is 0 Å². The van der Waals surface area contributed by atoms with E-state index in [1.165, 1.54) is 16.7 Å². The SMILES string of the molecule is CCN1CCN([C@H](C)CNCc2cc(I)cc(I)c2O)CC1. The number of hydrogen-bond donors (Lipinski definition) is 2. The maximum Gasteiger partial charge on any atom is 0.133 e. The zero-order valence-electron chi connectivity index (χ0n) is 13.3. The molecule has 0 aromatic heterocycles. The molecule has 0 aliphatic carbocycles. The van der Waals surface area contributed by atoms with Crippen LogP contribution in [0.1, 0.15) is 19.4 Å². The van der Waals surface area contributed by atoms with Crippen LogP contribution in [-0.4, -0.2) is 60.2 Å². The van der Waals surface area contributed by atoms with Crippen molar-refractivity contribution in [1.29, 1.82) is 0 Å². The third-order valence-corrected chi connectivity index (χ3v) is 5.78. The van der Waals surface area contributed by atoms with Gasteiger partial charge in [0.2, 0.25) is 0 Å². The van der Waals surface area contributed by atoms with Gasteiger partial charge in [0.15, 0.2) is 0 Å². The van der Waals surface area contributed by atoms with Gasteiger partial charge in [-0.05, 0) is 70.8 Å². The van der Waals surface area contributed by atoms with Crippen molar-refractivity contribution in [2.24, 2.45) is 0 Å². The summed E-state index contributed by atoms with van der Waals surface area (Å²) in [5.41, 5.74) is 0.985. The van der Waals surface area contributed by atoms with Crippen molar-refractivity contribution in [3.05, 3.63) is 24.8 Å². The summed E-state index contributed by atoms with van der Waals surface area (Å²) in [4.78, 5) is 5.06. The van der Waals surface area contributed by atoms with Gasteiger partial charge in [0, 0.05) is 54.4 Å². The Hall–Kier alpha value is 0.360. The van der Waals surface area contributed by atoms with Gasteiger partial charge in [0.1, 0.15) is 5.75 Å². The number of aromatic hydroxyl groups is 1. The molecule has 4 nitrogen and oxygen atoms in total. The van der Waals surface area contributed by atoms with Crippen molar-refractivity contribution < 1.29 is 5.11 Å². The summed E-state index contributed by atoms with van der Waals surface area (Å²) in [5, 5.41) is 13.6. The Kier molecular flexibility index (Phi) is 7.65. The van der Waals surface area contributed by atoms with Crippen molar-refractivity contribution in [1.82, 2.24) is 15.1 Å². The molecule has 2 rings (SSSR count). The maximum absolute atomic E-state index is 10.1. The molecule has 2 N–H and O–H groups in total. The Bertz CT molecular complexity index is 491. The maximum atomic E-state index is 10.1. The smallest absolute Gasteiger partial charge is 0.133 e. The lowest BCUT2D eigenvalue weighted by Crippen LogP contribution is -2.51. The number of phenolic OH excluding ortho intramolecular Hbond substituents is 1. The molecule has 0 spiro atoms. The largest absolute Gasteiger partial charge is 0.507 e. The molecular formula is C16H25I2N3O. The number of phenols is 1. The van der Waals surface area contributed by atoms with Gasteiger partial charge >= 0.3 is 0 Å². The van der Waals surface area contributed by atoms with Crippen molar-refractivity contribution in [3.63, 3.8) is 0 Å². The zero-order valence-corrected chi connectivity index (χ0v) is 17.6. The highest BCUT2D eigenvalue weighted by molar-refractivity contribution is 14.1. The van der Waals surface area contributed by atoms with Gasteiger partial charge in [-0.15, -0.1) is 0 Å². The van der Waals surface area contributed by atoms with E-state index in [-0.39, 0.29) is 0 Å². The number of piperazine rings is 1. The molecule has 0 bridgehead atoms. The number of nitrogens with one attached hydrogen (secondary N) is 1. The minimum atomic E-state index is 0.415. The summed E-state index contributed by atoms with van der Waals surface area (Å²) in [6.45, 7) is 12.0. The number of rotatable bonds is 6. The molecule has 124 valence electrons. The van der Waals surface area contributed by atoms with Gasteiger partial charge in [0.25, 0.3) is 0 Å². The lowest BCUT2D eigenvalue weighted by Gasteiger charge is -2.37. The minimum absolute atomic E-state index is 0.415. The number of halogens is 2. The van der Waals surface area contributed by atoms with E-state index in [0.717, 1.165) is 41.9 Å². The average molecular weight is 529 g/mol. The lowest BCUT2D eigenvalue weighted by atomic mass is 10.2. The average Bonchev–Trinajstić information content (AvgIpc) is 2.51. The predicted octanol–water partition coefficient (Wildman–Crippen LogP) is 2.72. The summed E-state index contributed by atoms with van der Waals surface area (Å²) < 4.78 is 2.09. The first-order chi connectivity index (χ1) is 10.5. The highest BCUT2D eigenvalue weighted by Crippen LogP contribution is 2.26. The van der Waals surface area contributed by atoms with Crippen LogP contribution in [0.2, 0.25) is 0 Å². The normalized spacial score (nSPS) is 18.5. The molecule has 1 atom stereocenters. The summed E-state index contributed by atoms with van der Waals surface area (Å²) in [6, 6.07) is 4.58. The highest BCUT2D eigenvalue weighted by Gasteiger charge is 2.19. The van der Waals surface area contributed by atoms with Crippen LogP contribution in [0, 0.1) is 7.14 Å². The van der Waals surface area contributed by atoms with Crippen LogP contribution >= 0.6 is 45.2 Å². The molecule has 0 saturated carbocycles. The molecule has 1 aliphatic heterocycles. The number of likely N-dealkylation sites (N-methyl/N-ethyl adjacent to an activating group) is 1. The van der Waals surface area contributed by atoms with Crippen molar-refractivity contribution >= 4 is 45.2 Å². The fourth-order valence-electron chi connectivity index (χ4n) is 2.82. The second-order valence-corrected chi connectivity index (χ2v) is 8.25. The third-order valence-electron chi connectivity index (χ3n) is 4.34. The second-order valence-electron chi connectivity index (χ2n) is 5.85. The first-order valence-corrected chi connectivity index (χ1v) is 10.0. The van der Waals surface area contributed by atoms with E-state index in [0.29, 0.717) is 11.8 Å². The first kappa shape index (κ1) is 18.7.